The number of tetrazole rings is 1. The molecule has 0 fully saturated rings. The molecule has 10 heteroatoms. The zero-order chi connectivity index (χ0) is 18.6. The number of carbonyl (C=O) groups excluding carboxylic acids is 2. The first kappa shape index (κ1) is 22.2. The first-order valence-corrected chi connectivity index (χ1v) is 7.72. The molecule has 1 aromatic heterocycles. The predicted molar refractivity (Wildman–Crippen MR) is 86.5 cm³/mol. The standard InChI is InChI=1S/C16H20N5O4.Y/c1-6-20-15(21(19-18-20)12(4)25-16(23)24-5)17-14(22)13-8-7-10(2)9-11(13)3;/h7-8,12H,6H2,1-5H3;/q-1;. The number of methoxy groups -OCH3 is 1. The normalized spacial score (nSPS) is 12.3. The number of ether oxygens (including phenoxy) is 2. The van der Waals surface area contributed by atoms with Gasteiger partial charge in [0.05, 0.1) is 7.11 Å². The average Bonchev–Trinajstić information content (AvgIpc) is 2.97. The monoisotopic (exact) mass is 435 g/mol. The van der Waals surface area contributed by atoms with Gasteiger partial charge < -0.3 is 9.47 Å². The maximum atomic E-state index is 12.6. The molecule has 137 valence electrons. The van der Waals surface area contributed by atoms with E-state index in [9.17, 15) is 9.59 Å². The minimum atomic E-state index is -0.868. The number of benzene rings is 1. The Morgan fingerprint density at radius 1 is 1.31 bits per heavy atom. The van der Waals surface area contributed by atoms with Crippen LogP contribution in [0.2, 0.25) is 0 Å². The van der Waals surface area contributed by atoms with Crippen molar-refractivity contribution in [1.29, 1.82) is 0 Å². The first-order valence-electron chi connectivity index (χ1n) is 7.72. The van der Waals surface area contributed by atoms with Gasteiger partial charge in [0.25, 0.3) is 5.62 Å². The van der Waals surface area contributed by atoms with Crippen molar-refractivity contribution in [3.8, 4) is 0 Å². The Balaban J connectivity index is 0.00000338. The van der Waals surface area contributed by atoms with E-state index in [-0.39, 0.29) is 38.3 Å². The van der Waals surface area contributed by atoms with Crippen molar-refractivity contribution in [2.24, 2.45) is 4.99 Å². The Morgan fingerprint density at radius 2 is 2.00 bits per heavy atom. The van der Waals surface area contributed by atoms with Crippen molar-refractivity contribution < 1.29 is 51.8 Å². The summed E-state index contributed by atoms with van der Waals surface area (Å²) in [6, 6.07) is 6.58. The molecule has 0 aliphatic heterocycles. The molecule has 0 bridgehead atoms. The van der Waals surface area contributed by atoms with Gasteiger partial charge in [-0.25, -0.2) is 9.48 Å². The summed E-state index contributed by atoms with van der Waals surface area (Å²) in [5, 5.41) is 7.82. The van der Waals surface area contributed by atoms with Crippen LogP contribution in [-0.4, -0.2) is 39.0 Å². The topological polar surface area (TPSA) is 101 Å². The second-order valence-corrected chi connectivity index (χ2v) is 5.31. The van der Waals surface area contributed by atoms with Gasteiger partial charge in [0.1, 0.15) is 0 Å². The van der Waals surface area contributed by atoms with Gasteiger partial charge in [0, 0.05) is 39.3 Å². The number of nitrogens with zero attached hydrogens (tertiary/aromatic N) is 5. The molecule has 1 heterocycles. The molecule has 1 amide bonds. The number of aromatic nitrogens is 4. The zero-order valence-corrected chi connectivity index (χ0v) is 18.2. The maximum absolute atomic E-state index is 12.6. The molecular formula is C16H20N5O4Y-. The van der Waals surface area contributed by atoms with Gasteiger partial charge in [-0.3, -0.25) is 4.79 Å². The third-order valence-electron chi connectivity index (χ3n) is 3.48. The fourth-order valence-electron chi connectivity index (χ4n) is 2.20. The number of hydrogen-bond donors (Lipinski definition) is 0. The third kappa shape index (κ3) is 5.08. The van der Waals surface area contributed by atoms with E-state index in [4.69, 9.17) is 4.74 Å². The summed E-state index contributed by atoms with van der Waals surface area (Å²) in [4.78, 5) is 28.0. The Morgan fingerprint density at radius 3 is 2.58 bits per heavy atom. The SMILES string of the molecule is CCn1nnn(C(C)OC(=O)OC)c1=NC(=O)c1ccc(C)[c-]c1C.[Y]. The van der Waals surface area contributed by atoms with E-state index in [1.54, 1.807) is 26.0 Å². The molecule has 9 nitrogen and oxygen atoms in total. The summed E-state index contributed by atoms with van der Waals surface area (Å²) < 4.78 is 12.2. The van der Waals surface area contributed by atoms with Gasteiger partial charge in [0.15, 0.2) is 0 Å². The molecule has 0 saturated heterocycles. The van der Waals surface area contributed by atoms with E-state index >= 15 is 0 Å². The van der Waals surface area contributed by atoms with E-state index < -0.39 is 18.3 Å². The summed E-state index contributed by atoms with van der Waals surface area (Å²) in [6.07, 6.45) is -1.71. The molecule has 1 radical (unpaired) electrons. The first-order chi connectivity index (χ1) is 11.9. The molecule has 2 rings (SSSR count). The molecule has 0 spiro atoms. The molecule has 0 aliphatic carbocycles. The van der Waals surface area contributed by atoms with Crippen LogP contribution in [0.4, 0.5) is 4.79 Å². The fourth-order valence-corrected chi connectivity index (χ4v) is 2.20. The summed E-state index contributed by atoms with van der Waals surface area (Å²) in [5.74, 6) is -0.454. The molecular weight excluding hydrogens is 415 g/mol. The third-order valence-corrected chi connectivity index (χ3v) is 3.48. The number of amides is 1. The van der Waals surface area contributed by atoms with E-state index in [2.05, 4.69) is 26.2 Å². The number of carbonyl (C=O) groups is 2. The van der Waals surface area contributed by atoms with E-state index in [1.807, 2.05) is 13.8 Å². The van der Waals surface area contributed by atoms with Crippen LogP contribution in [0.5, 0.6) is 0 Å². The van der Waals surface area contributed by atoms with Crippen molar-refractivity contribution in [3.63, 3.8) is 0 Å². The average molecular weight is 435 g/mol. The quantitative estimate of drug-likeness (QED) is 0.534. The van der Waals surface area contributed by atoms with Crippen LogP contribution in [-0.2, 0) is 48.7 Å². The predicted octanol–water partition coefficient (Wildman–Crippen LogP) is 1.56. The second kappa shape index (κ2) is 9.73. The summed E-state index contributed by atoms with van der Waals surface area (Å²) in [5.41, 5.74) is 2.24. The molecule has 0 aliphatic rings. The Bertz CT molecular complexity index is 859. The van der Waals surface area contributed by atoms with Crippen LogP contribution < -0.4 is 5.62 Å². The van der Waals surface area contributed by atoms with Crippen LogP contribution in [0.15, 0.2) is 17.1 Å². The largest absolute Gasteiger partial charge is 0.509 e. The summed E-state index contributed by atoms with van der Waals surface area (Å²) in [7, 11) is 1.20. The van der Waals surface area contributed by atoms with Gasteiger partial charge in [0.2, 0.25) is 12.1 Å². The van der Waals surface area contributed by atoms with Crippen LogP contribution in [0, 0.1) is 19.9 Å². The van der Waals surface area contributed by atoms with Gasteiger partial charge in [-0.2, -0.15) is 39.0 Å². The molecule has 1 aromatic carbocycles. The van der Waals surface area contributed by atoms with Crippen molar-refractivity contribution in [1.82, 2.24) is 19.8 Å². The van der Waals surface area contributed by atoms with E-state index in [1.165, 1.54) is 16.5 Å². The zero-order valence-electron chi connectivity index (χ0n) is 15.4. The summed E-state index contributed by atoms with van der Waals surface area (Å²) >= 11 is 0. The van der Waals surface area contributed by atoms with E-state index in [0.29, 0.717) is 17.7 Å². The van der Waals surface area contributed by atoms with Gasteiger partial charge in [-0.15, -0.1) is 0 Å². The number of hydrogen-bond acceptors (Lipinski definition) is 6. The van der Waals surface area contributed by atoms with Gasteiger partial charge in [-0.1, -0.05) is 19.4 Å². The fraction of sp³-hybridized carbons (Fsp3) is 0.438. The van der Waals surface area contributed by atoms with Crippen molar-refractivity contribution in [2.75, 3.05) is 7.11 Å². The molecule has 26 heavy (non-hydrogen) atoms. The Kier molecular flexibility index (Phi) is 8.30. The van der Waals surface area contributed by atoms with Gasteiger partial charge >= 0.3 is 6.16 Å². The molecule has 2 aromatic rings. The van der Waals surface area contributed by atoms with Crippen LogP contribution in [0.25, 0.3) is 0 Å². The van der Waals surface area contributed by atoms with Crippen LogP contribution >= 0.6 is 0 Å². The number of aryl methyl sites for hydroxylation is 3. The van der Waals surface area contributed by atoms with Gasteiger partial charge in [-0.05, 0) is 24.3 Å². The second-order valence-electron chi connectivity index (χ2n) is 5.31. The summed E-state index contributed by atoms with van der Waals surface area (Å²) in [6.45, 7) is 7.53. The smallest absolute Gasteiger partial charge is 0.438 e. The number of rotatable bonds is 4. The van der Waals surface area contributed by atoms with Crippen molar-refractivity contribution in [3.05, 3.63) is 40.5 Å². The van der Waals surface area contributed by atoms with Crippen LogP contribution in [0.1, 0.15) is 41.6 Å². The molecule has 1 unspecified atom stereocenters. The molecule has 0 N–H and O–H groups in total. The molecule has 1 atom stereocenters. The molecule has 0 saturated carbocycles. The Labute approximate surface area is 176 Å². The minimum Gasteiger partial charge on any atom is -0.438 e. The maximum Gasteiger partial charge on any atom is 0.509 e. The minimum absolute atomic E-state index is 0. The van der Waals surface area contributed by atoms with Crippen molar-refractivity contribution in [2.45, 2.75) is 40.5 Å². The van der Waals surface area contributed by atoms with Crippen molar-refractivity contribution >= 4 is 12.1 Å². The van der Waals surface area contributed by atoms with E-state index in [0.717, 1.165) is 5.56 Å². The van der Waals surface area contributed by atoms with Crippen LogP contribution in [0.3, 0.4) is 0 Å². The Hall–Kier alpha value is -1.87.